The molecule has 0 unspecified atom stereocenters. The molecule has 0 bridgehead atoms. The number of rotatable bonds is 6. The highest BCUT2D eigenvalue weighted by molar-refractivity contribution is 5.94. The Morgan fingerprint density at radius 1 is 1.53 bits per heavy atom. The van der Waals surface area contributed by atoms with Crippen LogP contribution < -0.4 is 10.6 Å². The van der Waals surface area contributed by atoms with Crippen molar-refractivity contribution in [2.24, 2.45) is 5.73 Å². The van der Waals surface area contributed by atoms with Crippen molar-refractivity contribution in [1.29, 1.82) is 5.41 Å². The van der Waals surface area contributed by atoms with Crippen molar-refractivity contribution in [3.63, 3.8) is 0 Å². The van der Waals surface area contributed by atoms with Gasteiger partial charge in [-0.25, -0.2) is 13.8 Å². The lowest BCUT2D eigenvalue weighted by Gasteiger charge is -2.22. The van der Waals surface area contributed by atoms with E-state index in [9.17, 15) is 8.78 Å². The molecule has 0 spiro atoms. The van der Waals surface area contributed by atoms with Crippen LogP contribution >= 0.6 is 0 Å². The van der Waals surface area contributed by atoms with Gasteiger partial charge < -0.3 is 15.7 Å². The molecule has 0 aliphatic rings. The second kappa shape index (κ2) is 6.09. The normalized spacial score (nSPS) is 10.6. The highest BCUT2D eigenvalue weighted by atomic mass is 19.3. The van der Waals surface area contributed by atoms with E-state index in [0.29, 0.717) is 11.4 Å². The Labute approximate surface area is 97.4 Å². The average Bonchev–Trinajstić information content (AvgIpc) is 2.28. The number of aliphatic hydroxyl groups is 1. The van der Waals surface area contributed by atoms with Crippen molar-refractivity contribution in [2.75, 3.05) is 24.6 Å². The summed E-state index contributed by atoms with van der Waals surface area (Å²) < 4.78 is 24.6. The molecule has 1 rings (SSSR count). The maximum Gasteiger partial charge on any atom is 0.255 e. The van der Waals surface area contributed by atoms with E-state index in [2.05, 4.69) is 4.98 Å². The summed E-state index contributed by atoms with van der Waals surface area (Å²) in [6, 6.07) is 3.02. The molecule has 0 fully saturated rings. The number of aromatic nitrogens is 1. The monoisotopic (exact) mass is 244 g/mol. The third kappa shape index (κ3) is 3.95. The fourth-order valence-corrected chi connectivity index (χ4v) is 1.32. The van der Waals surface area contributed by atoms with Gasteiger partial charge in [0.05, 0.1) is 13.2 Å². The summed E-state index contributed by atoms with van der Waals surface area (Å²) in [7, 11) is 0. The van der Waals surface area contributed by atoms with Crippen LogP contribution in [0.15, 0.2) is 18.3 Å². The second-order valence-corrected chi connectivity index (χ2v) is 3.38. The van der Waals surface area contributed by atoms with Crippen molar-refractivity contribution in [2.45, 2.75) is 6.43 Å². The van der Waals surface area contributed by atoms with E-state index in [0.717, 1.165) is 0 Å². The minimum Gasteiger partial charge on any atom is -0.395 e. The predicted molar refractivity (Wildman–Crippen MR) is 60.6 cm³/mol. The van der Waals surface area contributed by atoms with Crippen molar-refractivity contribution in [3.8, 4) is 0 Å². The number of halogens is 2. The van der Waals surface area contributed by atoms with Crippen molar-refractivity contribution in [3.05, 3.63) is 23.9 Å². The third-order valence-corrected chi connectivity index (χ3v) is 2.11. The Hall–Kier alpha value is -1.76. The van der Waals surface area contributed by atoms with E-state index in [1.165, 1.54) is 23.2 Å². The molecule has 94 valence electrons. The fraction of sp³-hybridized carbons (Fsp3) is 0.400. The van der Waals surface area contributed by atoms with Gasteiger partial charge in [-0.2, -0.15) is 0 Å². The molecule has 4 N–H and O–H groups in total. The molecule has 0 atom stereocenters. The van der Waals surface area contributed by atoms with Crippen LogP contribution in [0.4, 0.5) is 14.6 Å². The molecule has 0 aliphatic carbocycles. The van der Waals surface area contributed by atoms with E-state index in [1.54, 1.807) is 0 Å². The molecule has 1 aromatic heterocycles. The van der Waals surface area contributed by atoms with Crippen molar-refractivity contribution >= 4 is 11.7 Å². The lowest BCUT2D eigenvalue weighted by atomic mass is 10.2. The van der Waals surface area contributed by atoms with Crippen LogP contribution in [0.3, 0.4) is 0 Å². The molecule has 5 nitrogen and oxygen atoms in total. The van der Waals surface area contributed by atoms with Crippen LogP contribution in [0.1, 0.15) is 5.56 Å². The number of nitrogens with two attached hydrogens (primary N) is 1. The molecule has 0 aromatic carbocycles. The van der Waals surface area contributed by atoms with E-state index in [4.69, 9.17) is 16.2 Å². The molecule has 0 saturated carbocycles. The number of alkyl halides is 2. The van der Waals surface area contributed by atoms with E-state index >= 15 is 0 Å². The predicted octanol–water partition coefficient (Wildman–Crippen LogP) is 0.429. The fourth-order valence-electron chi connectivity index (χ4n) is 1.32. The number of hydrogen-bond donors (Lipinski definition) is 3. The Balaban J connectivity index is 2.83. The van der Waals surface area contributed by atoms with Gasteiger partial charge in [-0.3, -0.25) is 5.41 Å². The minimum atomic E-state index is -2.50. The average molecular weight is 244 g/mol. The van der Waals surface area contributed by atoms with Crippen LogP contribution in [0.5, 0.6) is 0 Å². The largest absolute Gasteiger partial charge is 0.395 e. The number of aliphatic hydroxyl groups excluding tert-OH is 1. The summed E-state index contributed by atoms with van der Waals surface area (Å²) in [5.74, 6) is 0.191. The number of nitrogen functional groups attached to an aromatic ring is 1. The van der Waals surface area contributed by atoms with Crippen molar-refractivity contribution < 1.29 is 13.9 Å². The van der Waals surface area contributed by atoms with Gasteiger partial charge in [0.2, 0.25) is 0 Å². The van der Waals surface area contributed by atoms with Crippen LogP contribution in [-0.4, -0.2) is 42.0 Å². The highest BCUT2D eigenvalue weighted by Crippen LogP contribution is 2.12. The van der Waals surface area contributed by atoms with Crippen LogP contribution in [-0.2, 0) is 0 Å². The Kier molecular flexibility index (Phi) is 4.77. The number of amidine groups is 1. The summed E-state index contributed by atoms with van der Waals surface area (Å²) in [5, 5.41) is 16.0. The zero-order valence-corrected chi connectivity index (χ0v) is 9.11. The summed E-state index contributed by atoms with van der Waals surface area (Å²) in [4.78, 5) is 5.20. The maximum absolute atomic E-state index is 12.3. The first kappa shape index (κ1) is 13.3. The van der Waals surface area contributed by atoms with E-state index in [-0.39, 0.29) is 19.0 Å². The first-order chi connectivity index (χ1) is 8.04. The van der Waals surface area contributed by atoms with E-state index < -0.39 is 13.0 Å². The molecular formula is C10H14F2N4O. The number of pyridine rings is 1. The standard InChI is InChI=1S/C10H14F2N4O/c11-8(12)6-16(3-4-17)9-2-1-7(5-15-9)10(13)14/h1-2,5,8,17H,3-4,6H2,(H3,13,14). The number of hydrogen-bond acceptors (Lipinski definition) is 4. The van der Waals surface area contributed by atoms with Gasteiger partial charge in [0.1, 0.15) is 11.7 Å². The van der Waals surface area contributed by atoms with Gasteiger partial charge in [-0.15, -0.1) is 0 Å². The molecule has 0 amide bonds. The summed E-state index contributed by atoms with van der Waals surface area (Å²) >= 11 is 0. The summed E-state index contributed by atoms with van der Waals surface area (Å²) in [6.07, 6.45) is -1.16. The molecule has 1 aromatic rings. The Morgan fingerprint density at radius 3 is 2.65 bits per heavy atom. The Morgan fingerprint density at radius 2 is 2.24 bits per heavy atom. The lowest BCUT2D eigenvalue weighted by molar-refractivity contribution is 0.152. The second-order valence-electron chi connectivity index (χ2n) is 3.38. The molecule has 0 aliphatic heterocycles. The van der Waals surface area contributed by atoms with Gasteiger partial charge in [0, 0.05) is 18.3 Å². The molecule has 0 saturated heterocycles. The number of nitrogens with one attached hydrogen (secondary N) is 1. The van der Waals surface area contributed by atoms with Gasteiger partial charge in [0.15, 0.2) is 0 Å². The molecular weight excluding hydrogens is 230 g/mol. The van der Waals surface area contributed by atoms with Gasteiger partial charge in [0.25, 0.3) is 6.43 Å². The topological polar surface area (TPSA) is 86.2 Å². The summed E-state index contributed by atoms with van der Waals surface area (Å²) in [5.41, 5.74) is 5.67. The molecule has 0 radical (unpaired) electrons. The number of nitrogens with zero attached hydrogens (tertiary/aromatic N) is 2. The van der Waals surface area contributed by atoms with Crippen molar-refractivity contribution in [1.82, 2.24) is 4.98 Å². The van der Waals surface area contributed by atoms with Crippen LogP contribution in [0, 0.1) is 5.41 Å². The first-order valence-electron chi connectivity index (χ1n) is 4.99. The van der Waals surface area contributed by atoms with Crippen LogP contribution in [0.2, 0.25) is 0 Å². The van der Waals surface area contributed by atoms with Crippen LogP contribution in [0.25, 0.3) is 0 Å². The minimum absolute atomic E-state index is 0.0801. The first-order valence-corrected chi connectivity index (χ1v) is 4.99. The quantitative estimate of drug-likeness (QED) is 0.500. The SMILES string of the molecule is N=C(N)c1ccc(N(CCO)CC(F)F)nc1. The zero-order valence-electron chi connectivity index (χ0n) is 9.11. The zero-order chi connectivity index (χ0) is 12.8. The lowest BCUT2D eigenvalue weighted by Crippen LogP contribution is -2.32. The summed E-state index contributed by atoms with van der Waals surface area (Å²) in [6.45, 7) is -0.646. The molecule has 7 heteroatoms. The van der Waals surface area contributed by atoms with Gasteiger partial charge in [-0.05, 0) is 12.1 Å². The molecule has 17 heavy (non-hydrogen) atoms. The highest BCUT2D eigenvalue weighted by Gasteiger charge is 2.13. The Bertz CT molecular complexity index is 369. The van der Waals surface area contributed by atoms with Gasteiger partial charge in [-0.1, -0.05) is 0 Å². The van der Waals surface area contributed by atoms with E-state index in [1.807, 2.05) is 0 Å². The number of anilines is 1. The maximum atomic E-state index is 12.3. The third-order valence-electron chi connectivity index (χ3n) is 2.11. The van der Waals surface area contributed by atoms with Gasteiger partial charge >= 0.3 is 0 Å². The smallest absolute Gasteiger partial charge is 0.255 e. The molecule has 1 heterocycles.